The van der Waals surface area contributed by atoms with Gasteiger partial charge in [0, 0.05) is 0 Å². The molecule has 2 aromatic carbocycles. The third-order valence-corrected chi connectivity index (χ3v) is 2.79. The fourth-order valence-corrected chi connectivity index (χ4v) is 1.70. The van der Waals surface area contributed by atoms with E-state index < -0.39 is 11.6 Å². The molecule has 0 aliphatic heterocycles. The highest BCUT2D eigenvalue weighted by Gasteiger charge is 2.07. The Morgan fingerprint density at radius 2 is 1.89 bits per heavy atom. The summed E-state index contributed by atoms with van der Waals surface area (Å²) in [6.07, 6.45) is 0. The van der Waals surface area contributed by atoms with E-state index in [0.717, 1.165) is 6.07 Å². The molecule has 2 aromatic rings. The van der Waals surface area contributed by atoms with Crippen LogP contribution in [0.15, 0.2) is 40.9 Å². The third-order valence-electron chi connectivity index (χ3n) is 2.18. The molecular formula is C13H6BrF2NO. The van der Waals surface area contributed by atoms with E-state index >= 15 is 0 Å². The van der Waals surface area contributed by atoms with Crippen LogP contribution in [-0.4, -0.2) is 0 Å². The molecular weight excluding hydrogens is 304 g/mol. The van der Waals surface area contributed by atoms with Gasteiger partial charge in [-0.05, 0) is 52.3 Å². The van der Waals surface area contributed by atoms with Gasteiger partial charge in [0.15, 0.2) is 0 Å². The summed E-state index contributed by atoms with van der Waals surface area (Å²) in [6, 6.07) is 9.53. The molecule has 0 heterocycles. The largest absolute Gasteiger partial charge is 0.456 e. The van der Waals surface area contributed by atoms with Crippen LogP contribution in [0.5, 0.6) is 11.5 Å². The van der Waals surface area contributed by atoms with Gasteiger partial charge in [-0.3, -0.25) is 0 Å². The van der Waals surface area contributed by atoms with Crippen LogP contribution < -0.4 is 4.74 Å². The van der Waals surface area contributed by atoms with Crippen molar-refractivity contribution >= 4 is 15.9 Å². The van der Waals surface area contributed by atoms with Crippen molar-refractivity contribution in [3.05, 3.63) is 58.1 Å². The Morgan fingerprint density at radius 1 is 1.11 bits per heavy atom. The number of halogens is 3. The van der Waals surface area contributed by atoms with Gasteiger partial charge < -0.3 is 4.74 Å². The summed E-state index contributed by atoms with van der Waals surface area (Å²) in [5.41, 5.74) is 0.0791. The lowest BCUT2D eigenvalue weighted by Crippen LogP contribution is -1.90. The lowest BCUT2D eigenvalue weighted by Gasteiger charge is -2.07. The SMILES string of the molecule is N#Cc1cc(F)ccc1Oc1ccc(F)c(Br)c1. The lowest BCUT2D eigenvalue weighted by molar-refractivity contribution is 0.476. The van der Waals surface area contributed by atoms with Crippen LogP contribution in [0.4, 0.5) is 8.78 Å². The lowest BCUT2D eigenvalue weighted by atomic mass is 10.2. The van der Waals surface area contributed by atoms with Crippen LogP contribution in [-0.2, 0) is 0 Å². The first-order valence-corrected chi connectivity index (χ1v) is 5.72. The molecule has 0 saturated heterocycles. The van der Waals surface area contributed by atoms with Crippen molar-refractivity contribution in [3.63, 3.8) is 0 Å². The minimum atomic E-state index is -0.515. The highest BCUT2D eigenvalue weighted by atomic mass is 79.9. The standard InChI is InChI=1S/C13H6BrF2NO/c14-11-6-10(2-3-12(11)16)18-13-4-1-9(15)5-8(13)7-17/h1-6H. The molecule has 0 N–H and O–H groups in total. The maximum atomic E-state index is 13.0. The average Bonchev–Trinajstić information content (AvgIpc) is 2.36. The van der Waals surface area contributed by atoms with Crippen molar-refractivity contribution in [1.29, 1.82) is 5.26 Å². The molecule has 2 nitrogen and oxygen atoms in total. The quantitative estimate of drug-likeness (QED) is 0.824. The topological polar surface area (TPSA) is 33.0 Å². The molecule has 90 valence electrons. The van der Waals surface area contributed by atoms with Gasteiger partial charge in [-0.15, -0.1) is 0 Å². The summed E-state index contributed by atoms with van der Waals surface area (Å²) in [7, 11) is 0. The Bertz CT molecular complexity index is 637. The second kappa shape index (κ2) is 5.15. The van der Waals surface area contributed by atoms with E-state index in [0.29, 0.717) is 5.75 Å². The Balaban J connectivity index is 2.34. The third kappa shape index (κ3) is 2.66. The van der Waals surface area contributed by atoms with Crippen molar-refractivity contribution in [2.75, 3.05) is 0 Å². The van der Waals surface area contributed by atoms with Crippen LogP contribution in [0.2, 0.25) is 0 Å². The highest BCUT2D eigenvalue weighted by Crippen LogP contribution is 2.28. The molecule has 0 bridgehead atoms. The molecule has 0 unspecified atom stereocenters. The minimum absolute atomic E-state index is 0.0791. The minimum Gasteiger partial charge on any atom is -0.456 e. The van der Waals surface area contributed by atoms with Gasteiger partial charge in [0.25, 0.3) is 0 Å². The molecule has 5 heteroatoms. The maximum absolute atomic E-state index is 13.0. The molecule has 0 fully saturated rings. The number of hydrogen-bond acceptors (Lipinski definition) is 2. The molecule has 18 heavy (non-hydrogen) atoms. The van der Waals surface area contributed by atoms with Crippen LogP contribution in [0.25, 0.3) is 0 Å². The molecule has 0 aliphatic carbocycles. The highest BCUT2D eigenvalue weighted by molar-refractivity contribution is 9.10. The van der Waals surface area contributed by atoms with Crippen molar-refractivity contribution < 1.29 is 13.5 Å². The Hall–Kier alpha value is -1.93. The average molecular weight is 310 g/mol. The van der Waals surface area contributed by atoms with E-state index in [4.69, 9.17) is 10.00 Å². The smallest absolute Gasteiger partial charge is 0.145 e. The number of nitrogens with zero attached hydrogens (tertiary/aromatic N) is 1. The van der Waals surface area contributed by atoms with Crippen molar-refractivity contribution in [3.8, 4) is 17.6 Å². The fourth-order valence-electron chi connectivity index (χ4n) is 1.35. The van der Waals surface area contributed by atoms with Gasteiger partial charge in [-0.2, -0.15) is 5.26 Å². The van der Waals surface area contributed by atoms with Gasteiger partial charge >= 0.3 is 0 Å². The first-order chi connectivity index (χ1) is 8.60. The maximum Gasteiger partial charge on any atom is 0.145 e. The first-order valence-electron chi connectivity index (χ1n) is 4.92. The summed E-state index contributed by atoms with van der Waals surface area (Å²) >= 11 is 3.03. The van der Waals surface area contributed by atoms with Crippen LogP contribution >= 0.6 is 15.9 Å². The number of ether oxygens (including phenoxy) is 1. The number of rotatable bonds is 2. The van der Waals surface area contributed by atoms with Crippen molar-refractivity contribution in [2.24, 2.45) is 0 Å². The van der Waals surface area contributed by atoms with E-state index in [-0.39, 0.29) is 15.8 Å². The Kier molecular flexibility index (Phi) is 3.58. The zero-order valence-electron chi connectivity index (χ0n) is 8.95. The fraction of sp³-hybridized carbons (Fsp3) is 0. The summed E-state index contributed by atoms with van der Waals surface area (Å²) in [4.78, 5) is 0. The van der Waals surface area contributed by atoms with Crippen LogP contribution in [0.1, 0.15) is 5.56 Å². The predicted octanol–water partition coefficient (Wildman–Crippen LogP) is 4.39. The normalized spacial score (nSPS) is 9.89. The molecule has 0 aromatic heterocycles. The van der Waals surface area contributed by atoms with Crippen LogP contribution in [0.3, 0.4) is 0 Å². The molecule has 0 aliphatic rings. The summed E-state index contributed by atoms with van der Waals surface area (Å²) in [5.74, 6) is -0.357. The molecule has 0 amide bonds. The molecule has 2 rings (SSSR count). The van der Waals surface area contributed by atoms with E-state index in [1.165, 1.54) is 30.3 Å². The molecule has 0 saturated carbocycles. The van der Waals surface area contributed by atoms with Crippen molar-refractivity contribution in [1.82, 2.24) is 0 Å². The van der Waals surface area contributed by atoms with E-state index in [1.54, 1.807) is 0 Å². The summed E-state index contributed by atoms with van der Waals surface area (Å²) in [5, 5.41) is 8.85. The van der Waals surface area contributed by atoms with Gasteiger partial charge in [0.05, 0.1) is 10.0 Å². The monoisotopic (exact) mass is 309 g/mol. The summed E-state index contributed by atoms with van der Waals surface area (Å²) < 4.78 is 31.6. The number of benzene rings is 2. The predicted molar refractivity (Wildman–Crippen MR) is 65.3 cm³/mol. The van der Waals surface area contributed by atoms with E-state index in [1.807, 2.05) is 6.07 Å². The van der Waals surface area contributed by atoms with Gasteiger partial charge in [-0.25, -0.2) is 8.78 Å². The zero-order valence-corrected chi connectivity index (χ0v) is 10.5. The molecule has 0 radical (unpaired) electrons. The van der Waals surface area contributed by atoms with Gasteiger partial charge in [-0.1, -0.05) is 0 Å². The summed E-state index contributed by atoms with van der Waals surface area (Å²) in [6.45, 7) is 0. The second-order valence-corrected chi connectivity index (χ2v) is 4.28. The zero-order chi connectivity index (χ0) is 13.1. The Labute approximate surface area is 111 Å². The number of hydrogen-bond donors (Lipinski definition) is 0. The number of nitriles is 1. The molecule has 0 spiro atoms. The second-order valence-electron chi connectivity index (χ2n) is 3.43. The Morgan fingerprint density at radius 3 is 2.56 bits per heavy atom. The van der Waals surface area contributed by atoms with Gasteiger partial charge in [0.1, 0.15) is 29.2 Å². The van der Waals surface area contributed by atoms with E-state index in [9.17, 15) is 8.78 Å². The van der Waals surface area contributed by atoms with Gasteiger partial charge in [0.2, 0.25) is 0 Å². The molecule has 0 atom stereocenters. The first kappa shape index (κ1) is 12.5. The van der Waals surface area contributed by atoms with Crippen molar-refractivity contribution in [2.45, 2.75) is 0 Å². The van der Waals surface area contributed by atoms with E-state index in [2.05, 4.69) is 15.9 Å². The van der Waals surface area contributed by atoms with Crippen LogP contribution in [0, 0.1) is 23.0 Å².